The fourth-order valence-electron chi connectivity index (χ4n) is 12.5. The lowest BCUT2D eigenvalue weighted by molar-refractivity contribution is -0.305. The van der Waals surface area contributed by atoms with Gasteiger partial charge in [-0.1, -0.05) is 365 Å². The van der Waals surface area contributed by atoms with Crippen molar-refractivity contribution in [2.45, 2.75) is 436 Å². The minimum Gasteiger partial charge on any atom is -0.454 e. The maximum absolute atomic E-state index is 13.5. The molecule has 0 aliphatic carbocycles. The van der Waals surface area contributed by atoms with E-state index in [0.29, 0.717) is 19.3 Å². The second kappa shape index (κ2) is 67.6. The molecule has 0 radical (unpaired) electrons. The number of esters is 1. The Kier molecular flexibility index (Phi) is 64.3. The van der Waals surface area contributed by atoms with Crippen molar-refractivity contribution in [2.75, 3.05) is 13.2 Å². The normalized spacial score (nSPS) is 18.2. The number of hydrogen-bond donors (Lipinski definition) is 6. The molecule has 1 rings (SSSR count). The van der Waals surface area contributed by atoms with Crippen molar-refractivity contribution >= 4 is 11.9 Å². The zero-order valence-corrected chi connectivity index (χ0v) is 59.7. The minimum absolute atomic E-state index is 0.123. The maximum atomic E-state index is 13.5. The van der Waals surface area contributed by atoms with E-state index in [2.05, 4.69) is 62.5 Å². The second-order valence-electron chi connectivity index (χ2n) is 27.5. The molecule has 91 heavy (non-hydrogen) atoms. The Morgan fingerprint density at radius 2 is 0.758 bits per heavy atom. The number of carbonyl (C=O) groups is 2. The summed E-state index contributed by atoms with van der Waals surface area (Å²) in [4.78, 5) is 26.8. The van der Waals surface area contributed by atoms with Gasteiger partial charge in [0, 0.05) is 6.42 Å². The number of rotatable bonds is 69. The molecule has 8 atom stereocenters. The van der Waals surface area contributed by atoms with Crippen LogP contribution in [0.2, 0.25) is 0 Å². The van der Waals surface area contributed by atoms with E-state index in [0.717, 1.165) is 70.6 Å². The molecular weight excluding hydrogens is 1130 g/mol. The Hall–Kier alpha value is -2.38. The SMILES string of the molecule is CCCCC/C=C\C/C=C\C/C=C\CCCCCCCCCCCCCCC(=O)OC1C(OCC(NC(=O)C(O)CCCCCCCCCCCCCCCCCCCCCCCCCC)C(O)/C=C/CCCCCCCCCCCCC)OC(CO)C(O)C1O. The standard InChI is InChI=1S/C80H149NO10/c1-4-7-10-13-16-19-22-25-27-29-31-33-35-37-39-41-43-45-47-50-53-56-59-62-65-68-75(85)91-78-77(87)76(86)74(69-82)90-80(78)89-70-71(72(83)66-63-60-57-54-51-48-24-21-18-15-12-9-6-3)81-79(88)73(84)67-64-61-58-55-52-49-46-44-42-40-38-36-34-32-30-28-26-23-20-17-14-11-8-5-2/h16,19,25,27,31,33,63,66,71-74,76-78,80,82-84,86-87H,4-15,17-18,20-24,26,28-30,32,34-62,64-65,67-70H2,1-3H3,(H,81,88)/b19-16-,27-25-,33-31-,66-63+. The molecule has 0 aromatic carbocycles. The Balaban J connectivity index is 2.52. The fraction of sp³-hybridized carbons (Fsp3) is 0.875. The fourth-order valence-corrected chi connectivity index (χ4v) is 12.5. The molecular formula is C80H149NO10. The molecule has 11 nitrogen and oxygen atoms in total. The lowest BCUT2D eigenvalue weighted by Gasteiger charge is -2.41. The van der Waals surface area contributed by atoms with Gasteiger partial charge in [-0.15, -0.1) is 0 Å². The highest BCUT2D eigenvalue weighted by atomic mass is 16.7. The molecule has 0 saturated carbocycles. The molecule has 534 valence electrons. The zero-order chi connectivity index (χ0) is 66.0. The third-order valence-electron chi connectivity index (χ3n) is 18.7. The van der Waals surface area contributed by atoms with Crippen molar-refractivity contribution < 1.29 is 49.3 Å². The summed E-state index contributed by atoms with van der Waals surface area (Å²) in [6.07, 6.45) is 75.9. The largest absolute Gasteiger partial charge is 0.454 e. The predicted molar refractivity (Wildman–Crippen MR) is 384 cm³/mol. The van der Waals surface area contributed by atoms with E-state index in [1.54, 1.807) is 6.08 Å². The Bertz CT molecular complexity index is 1670. The van der Waals surface area contributed by atoms with Gasteiger partial charge in [0.05, 0.1) is 25.4 Å². The van der Waals surface area contributed by atoms with Gasteiger partial charge in [0.1, 0.15) is 24.4 Å². The van der Waals surface area contributed by atoms with Gasteiger partial charge >= 0.3 is 5.97 Å². The van der Waals surface area contributed by atoms with Gasteiger partial charge in [-0.2, -0.15) is 0 Å². The van der Waals surface area contributed by atoms with Crippen LogP contribution in [-0.2, 0) is 23.8 Å². The number of hydrogen-bond acceptors (Lipinski definition) is 10. The van der Waals surface area contributed by atoms with Gasteiger partial charge in [0.25, 0.3) is 0 Å². The summed E-state index contributed by atoms with van der Waals surface area (Å²) in [5, 5.41) is 57.4. The third kappa shape index (κ3) is 54.4. The van der Waals surface area contributed by atoms with Crippen molar-refractivity contribution in [1.82, 2.24) is 5.32 Å². The summed E-state index contributed by atoms with van der Waals surface area (Å²) < 4.78 is 17.8. The van der Waals surface area contributed by atoms with Gasteiger partial charge in [-0.3, -0.25) is 9.59 Å². The molecule has 8 unspecified atom stereocenters. The average Bonchev–Trinajstić information content (AvgIpc) is 1.09. The Morgan fingerprint density at radius 1 is 0.429 bits per heavy atom. The highest BCUT2D eigenvalue weighted by Crippen LogP contribution is 2.27. The Morgan fingerprint density at radius 3 is 1.15 bits per heavy atom. The number of amides is 1. The summed E-state index contributed by atoms with van der Waals surface area (Å²) in [6, 6.07) is -1.02. The zero-order valence-electron chi connectivity index (χ0n) is 59.7. The predicted octanol–water partition coefficient (Wildman–Crippen LogP) is 21.1. The van der Waals surface area contributed by atoms with Gasteiger partial charge in [0.15, 0.2) is 12.4 Å². The summed E-state index contributed by atoms with van der Waals surface area (Å²) >= 11 is 0. The van der Waals surface area contributed by atoms with Crippen molar-refractivity contribution in [3.05, 3.63) is 48.6 Å². The molecule has 0 aromatic rings. The van der Waals surface area contributed by atoms with Gasteiger partial charge in [0.2, 0.25) is 5.91 Å². The van der Waals surface area contributed by atoms with Crippen LogP contribution in [0.25, 0.3) is 0 Å². The van der Waals surface area contributed by atoms with Crippen LogP contribution < -0.4 is 5.32 Å². The van der Waals surface area contributed by atoms with Crippen LogP contribution in [0.3, 0.4) is 0 Å². The molecule has 1 aliphatic heterocycles. The van der Waals surface area contributed by atoms with Crippen molar-refractivity contribution in [3.8, 4) is 0 Å². The summed E-state index contributed by atoms with van der Waals surface area (Å²) in [6.45, 7) is 5.84. The van der Waals surface area contributed by atoms with Crippen LogP contribution in [0, 0.1) is 0 Å². The average molecular weight is 1290 g/mol. The maximum Gasteiger partial charge on any atom is 0.306 e. The molecule has 0 bridgehead atoms. The highest BCUT2D eigenvalue weighted by Gasteiger charge is 2.47. The van der Waals surface area contributed by atoms with E-state index in [4.69, 9.17) is 14.2 Å². The molecule has 1 amide bonds. The van der Waals surface area contributed by atoms with Crippen LogP contribution in [0.1, 0.15) is 387 Å². The summed E-state index contributed by atoms with van der Waals surface area (Å²) in [5.74, 6) is -1.18. The third-order valence-corrected chi connectivity index (χ3v) is 18.7. The minimum atomic E-state index is -1.61. The van der Waals surface area contributed by atoms with Gasteiger partial charge < -0.3 is 45.1 Å². The highest BCUT2D eigenvalue weighted by molar-refractivity contribution is 5.80. The summed E-state index contributed by atoms with van der Waals surface area (Å²) in [7, 11) is 0. The van der Waals surface area contributed by atoms with E-state index in [1.807, 2.05) is 6.08 Å². The molecule has 11 heteroatoms. The van der Waals surface area contributed by atoms with Crippen LogP contribution in [0.4, 0.5) is 0 Å². The first-order valence-corrected chi connectivity index (χ1v) is 39.4. The number of allylic oxidation sites excluding steroid dienone is 7. The van der Waals surface area contributed by atoms with E-state index < -0.39 is 67.4 Å². The number of nitrogens with one attached hydrogen (secondary N) is 1. The first kappa shape index (κ1) is 86.6. The van der Waals surface area contributed by atoms with Crippen LogP contribution in [0.15, 0.2) is 48.6 Å². The number of carbonyl (C=O) groups excluding carboxylic acids is 2. The van der Waals surface area contributed by atoms with E-state index in [-0.39, 0.29) is 13.0 Å². The lowest BCUT2D eigenvalue weighted by atomic mass is 9.99. The van der Waals surface area contributed by atoms with Crippen LogP contribution >= 0.6 is 0 Å². The molecule has 1 aliphatic rings. The molecule has 1 heterocycles. The first-order valence-electron chi connectivity index (χ1n) is 39.4. The van der Waals surface area contributed by atoms with E-state index >= 15 is 0 Å². The monoisotopic (exact) mass is 1280 g/mol. The lowest BCUT2D eigenvalue weighted by Crippen LogP contribution is -2.61. The first-order chi connectivity index (χ1) is 44.7. The second-order valence-corrected chi connectivity index (χ2v) is 27.5. The number of unbranched alkanes of at least 4 members (excludes halogenated alkanes) is 49. The number of aliphatic hydroxyl groups is 5. The quantitative estimate of drug-likeness (QED) is 0.0195. The molecule has 1 fully saturated rings. The van der Waals surface area contributed by atoms with Crippen molar-refractivity contribution in [2.24, 2.45) is 0 Å². The molecule has 6 N–H and O–H groups in total. The number of ether oxygens (including phenoxy) is 3. The van der Waals surface area contributed by atoms with Gasteiger partial charge in [-0.05, 0) is 64.2 Å². The van der Waals surface area contributed by atoms with Gasteiger partial charge in [-0.25, -0.2) is 0 Å². The Labute approximate surface area is 561 Å². The topological polar surface area (TPSA) is 175 Å². The smallest absolute Gasteiger partial charge is 0.306 e. The molecule has 1 saturated heterocycles. The summed E-state index contributed by atoms with van der Waals surface area (Å²) in [5.41, 5.74) is 0. The van der Waals surface area contributed by atoms with Crippen molar-refractivity contribution in [3.63, 3.8) is 0 Å². The molecule has 0 spiro atoms. The number of aliphatic hydroxyl groups excluding tert-OH is 5. The van der Waals surface area contributed by atoms with Crippen molar-refractivity contribution in [1.29, 1.82) is 0 Å². The van der Waals surface area contributed by atoms with Crippen LogP contribution in [0.5, 0.6) is 0 Å². The van der Waals surface area contributed by atoms with Crippen LogP contribution in [-0.4, -0.2) is 99.6 Å². The molecule has 0 aromatic heterocycles. The van der Waals surface area contributed by atoms with E-state index in [9.17, 15) is 35.1 Å². The van der Waals surface area contributed by atoms with E-state index in [1.165, 1.54) is 270 Å².